The van der Waals surface area contributed by atoms with Crippen molar-refractivity contribution in [1.29, 1.82) is 0 Å². The SMILES string of the molecule is CC(C)OC(=O)Nc1ccc(-c2ncc(-c3ccc(NC(=O)NC[C@@H]4CCCN4)cc3S(=O)(=O)NC(C)(C)C)s2)cc1.S. The molecule has 11 nitrogen and oxygen atoms in total. The molecule has 5 N–H and O–H groups in total. The minimum atomic E-state index is -3.97. The van der Waals surface area contributed by atoms with Gasteiger partial charge < -0.3 is 20.7 Å². The van der Waals surface area contributed by atoms with Gasteiger partial charge >= 0.3 is 12.1 Å². The summed E-state index contributed by atoms with van der Waals surface area (Å²) in [7, 11) is -3.97. The van der Waals surface area contributed by atoms with Crippen molar-refractivity contribution in [3.05, 3.63) is 48.7 Å². The van der Waals surface area contributed by atoms with Crippen molar-refractivity contribution < 1.29 is 22.7 Å². The summed E-state index contributed by atoms with van der Waals surface area (Å²) < 4.78 is 34.9. The van der Waals surface area contributed by atoms with Crippen LogP contribution < -0.4 is 26.0 Å². The fraction of sp³-hybridized carbons (Fsp3) is 0.414. The number of aromatic nitrogens is 1. The number of benzene rings is 2. The molecule has 1 aromatic heterocycles. The van der Waals surface area contributed by atoms with Crippen LogP contribution in [0.5, 0.6) is 0 Å². The quantitative estimate of drug-likeness (QED) is 0.206. The fourth-order valence-corrected chi connectivity index (χ4v) is 7.09. The van der Waals surface area contributed by atoms with Crippen LogP contribution in [0.25, 0.3) is 21.0 Å². The Bertz CT molecular complexity index is 1510. The van der Waals surface area contributed by atoms with E-state index in [0.29, 0.717) is 33.4 Å². The summed E-state index contributed by atoms with van der Waals surface area (Å²) in [6.07, 6.45) is 2.94. The van der Waals surface area contributed by atoms with E-state index < -0.39 is 27.7 Å². The molecule has 3 aromatic rings. The summed E-state index contributed by atoms with van der Waals surface area (Å²) in [4.78, 5) is 29.6. The highest BCUT2D eigenvalue weighted by atomic mass is 32.2. The highest BCUT2D eigenvalue weighted by Crippen LogP contribution is 2.37. The summed E-state index contributed by atoms with van der Waals surface area (Å²) in [6, 6.07) is 11.8. The lowest BCUT2D eigenvalue weighted by molar-refractivity contribution is 0.130. The number of rotatable bonds is 9. The maximum absolute atomic E-state index is 13.5. The maximum Gasteiger partial charge on any atom is 0.411 e. The van der Waals surface area contributed by atoms with Crippen molar-refractivity contribution in [3.63, 3.8) is 0 Å². The Morgan fingerprint density at radius 2 is 1.79 bits per heavy atom. The first-order valence-corrected chi connectivity index (χ1v) is 16.1. The van der Waals surface area contributed by atoms with E-state index in [1.165, 1.54) is 17.4 Å². The number of carbonyl (C=O) groups excluding carboxylic acids is 2. The predicted molar refractivity (Wildman–Crippen MR) is 177 cm³/mol. The molecule has 1 atom stereocenters. The average Bonchev–Trinajstić information content (AvgIpc) is 3.59. The number of anilines is 2. The van der Waals surface area contributed by atoms with E-state index in [0.717, 1.165) is 24.9 Å². The molecule has 0 saturated carbocycles. The lowest BCUT2D eigenvalue weighted by Crippen LogP contribution is -2.40. The van der Waals surface area contributed by atoms with Crippen molar-refractivity contribution in [3.8, 4) is 21.0 Å². The number of ether oxygens (including phenoxy) is 1. The Labute approximate surface area is 264 Å². The topological polar surface area (TPSA) is 151 Å². The minimum Gasteiger partial charge on any atom is -0.447 e. The predicted octanol–water partition coefficient (Wildman–Crippen LogP) is 5.50. The van der Waals surface area contributed by atoms with E-state index in [4.69, 9.17) is 4.74 Å². The Morgan fingerprint density at radius 1 is 1.09 bits per heavy atom. The van der Waals surface area contributed by atoms with Crippen molar-refractivity contribution in [1.82, 2.24) is 20.3 Å². The van der Waals surface area contributed by atoms with E-state index in [1.54, 1.807) is 65.1 Å². The molecule has 0 bridgehead atoms. The number of thiazole rings is 1. The largest absolute Gasteiger partial charge is 0.447 e. The van der Waals surface area contributed by atoms with Crippen LogP contribution in [-0.4, -0.2) is 56.3 Å². The number of urea groups is 1. The highest BCUT2D eigenvalue weighted by molar-refractivity contribution is 7.89. The minimum absolute atomic E-state index is 0. The smallest absolute Gasteiger partial charge is 0.411 e. The van der Waals surface area contributed by atoms with E-state index in [2.05, 4.69) is 31.0 Å². The van der Waals surface area contributed by atoms with Crippen LogP contribution in [0.2, 0.25) is 0 Å². The van der Waals surface area contributed by atoms with Crippen LogP contribution in [0.1, 0.15) is 47.5 Å². The van der Waals surface area contributed by atoms with Gasteiger partial charge in [-0.3, -0.25) is 5.32 Å². The molecule has 14 heteroatoms. The second-order valence-corrected chi connectivity index (χ2v) is 14.1. The molecule has 1 fully saturated rings. The number of carbonyl (C=O) groups is 2. The molecule has 2 aromatic carbocycles. The molecule has 2 heterocycles. The summed E-state index contributed by atoms with van der Waals surface area (Å²) in [5.74, 6) is 0. The first-order chi connectivity index (χ1) is 19.8. The molecule has 0 spiro atoms. The zero-order chi connectivity index (χ0) is 30.5. The Balaban J connectivity index is 0.00000506. The molecule has 1 saturated heterocycles. The Kier molecular flexibility index (Phi) is 11.6. The van der Waals surface area contributed by atoms with Gasteiger partial charge in [-0.2, -0.15) is 13.5 Å². The van der Waals surface area contributed by atoms with Gasteiger partial charge in [0.1, 0.15) is 5.01 Å². The lowest BCUT2D eigenvalue weighted by Gasteiger charge is -2.22. The number of hydrogen-bond acceptors (Lipinski definition) is 8. The van der Waals surface area contributed by atoms with E-state index >= 15 is 0 Å². The van der Waals surface area contributed by atoms with Crippen molar-refractivity contribution >= 4 is 58.4 Å². The molecular weight excluding hydrogens is 609 g/mol. The molecule has 0 unspecified atom stereocenters. The third-order valence-electron chi connectivity index (χ3n) is 6.13. The molecule has 4 rings (SSSR count). The molecule has 0 radical (unpaired) electrons. The van der Waals surface area contributed by atoms with Gasteiger partial charge in [-0.1, -0.05) is 6.07 Å². The lowest BCUT2D eigenvalue weighted by atomic mass is 10.1. The van der Waals surface area contributed by atoms with Crippen molar-refractivity contribution in [2.75, 3.05) is 23.7 Å². The van der Waals surface area contributed by atoms with E-state index in [9.17, 15) is 18.0 Å². The fourth-order valence-electron chi connectivity index (χ4n) is 4.40. The average molecular weight is 649 g/mol. The molecule has 43 heavy (non-hydrogen) atoms. The van der Waals surface area contributed by atoms with Crippen molar-refractivity contribution in [2.45, 2.75) is 70.0 Å². The number of hydrogen-bond donors (Lipinski definition) is 5. The van der Waals surface area contributed by atoms with Gasteiger partial charge in [0.05, 0.1) is 15.9 Å². The number of nitrogens with zero attached hydrogens (tertiary/aromatic N) is 1. The highest BCUT2D eigenvalue weighted by Gasteiger charge is 2.27. The monoisotopic (exact) mass is 648 g/mol. The van der Waals surface area contributed by atoms with Crippen LogP contribution in [0, 0.1) is 0 Å². The number of sulfonamides is 1. The van der Waals surface area contributed by atoms with Gasteiger partial charge in [0.25, 0.3) is 0 Å². The Hall–Kier alpha value is -3.17. The van der Waals surface area contributed by atoms with Gasteiger partial charge in [-0.25, -0.2) is 27.7 Å². The third kappa shape index (κ3) is 9.93. The maximum atomic E-state index is 13.5. The van der Waals surface area contributed by atoms with Crippen LogP contribution in [0.15, 0.2) is 53.6 Å². The molecule has 3 amide bonds. The van der Waals surface area contributed by atoms with Gasteiger partial charge in [-0.05, 0) is 90.4 Å². The first-order valence-electron chi connectivity index (χ1n) is 13.8. The summed E-state index contributed by atoms with van der Waals surface area (Å²) in [5, 5.41) is 12.3. The zero-order valence-electron chi connectivity index (χ0n) is 24.9. The molecule has 1 aliphatic rings. The van der Waals surface area contributed by atoms with Gasteiger partial charge in [0, 0.05) is 46.8 Å². The van der Waals surface area contributed by atoms with Crippen LogP contribution >= 0.6 is 24.8 Å². The number of amides is 3. The second-order valence-electron chi connectivity index (χ2n) is 11.4. The van der Waals surface area contributed by atoms with Gasteiger partial charge in [0.2, 0.25) is 10.0 Å². The summed E-state index contributed by atoms with van der Waals surface area (Å²) in [5.41, 5.74) is 1.48. The second kappa shape index (κ2) is 14.5. The first kappa shape index (κ1) is 34.3. The van der Waals surface area contributed by atoms with Crippen LogP contribution in [0.4, 0.5) is 21.0 Å². The summed E-state index contributed by atoms with van der Waals surface area (Å²) in [6.45, 7) is 10.3. The van der Waals surface area contributed by atoms with Gasteiger partial charge in [0.15, 0.2) is 0 Å². The molecule has 234 valence electrons. The zero-order valence-corrected chi connectivity index (χ0v) is 27.5. The Morgan fingerprint density at radius 3 is 2.42 bits per heavy atom. The molecular formula is C29H40N6O5S3. The van der Waals surface area contributed by atoms with E-state index in [-0.39, 0.29) is 30.5 Å². The number of nitrogens with one attached hydrogen (secondary N) is 5. The third-order valence-corrected chi connectivity index (χ3v) is 9.01. The molecule has 0 aliphatic carbocycles. The standard InChI is InChI=1S/C29H38N6O5S2.H2S/c1-18(2)40-28(37)34-20-10-8-19(9-11-20)26-31-17-24(41-26)23-13-12-21(15-25(23)42(38,39)35-29(3,4)5)33-27(36)32-16-22-7-6-14-30-22;/h8-13,15,17-18,22,30,35H,6-7,14,16H2,1-5H3,(H,34,37)(H2,32,33,36);1H2/t22-;/m0./s1. The van der Waals surface area contributed by atoms with Crippen LogP contribution in [-0.2, 0) is 14.8 Å². The van der Waals surface area contributed by atoms with Crippen LogP contribution in [0.3, 0.4) is 0 Å². The van der Waals surface area contributed by atoms with Crippen molar-refractivity contribution in [2.24, 2.45) is 0 Å². The van der Waals surface area contributed by atoms with E-state index in [1.807, 2.05) is 12.1 Å². The summed E-state index contributed by atoms with van der Waals surface area (Å²) >= 11 is 1.34. The molecule has 1 aliphatic heterocycles. The normalized spacial score (nSPS) is 15.1. The van der Waals surface area contributed by atoms with Gasteiger partial charge in [-0.15, -0.1) is 11.3 Å².